The van der Waals surface area contributed by atoms with Crippen molar-refractivity contribution in [3.05, 3.63) is 77.4 Å². The summed E-state index contributed by atoms with van der Waals surface area (Å²) in [5.74, 6) is 3.11. The quantitative estimate of drug-likeness (QED) is 0.330. The van der Waals surface area contributed by atoms with E-state index < -0.39 is 5.12 Å². The lowest BCUT2D eigenvalue weighted by molar-refractivity contribution is -0.00629. The van der Waals surface area contributed by atoms with E-state index in [2.05, 4.69) is 19.2 Å². The summed E-state index contributed by atoms with van der Waals surface area (Å²) in [6.07, 6.45) is 9.40. The van der Waals surface area contributed by atoms with Crippen molar-refractivity contribution in [2.45, 2.75) is 43.9 Å². The lowest BCUT2D eigenvalue weighted by atomic mass is 9.48. The second kappa shape index (κ2) is 7.98. The Morgan fingerprint density at radius 1 is 1.00 bits per heavy atom. The molecule has 31 heavy (non-hydrogen) atoms. The molecule has 0 amide bonds. The van der Waals surface area contributed by atoms with Crippen LogP contribution in [0.15, 0.2) is 55.1 Å². The van der Waals surface area contributed by atoms with Gasteiger partial charge in [-0.1, -0.05) is 30.9 Å². The van der Waals surface area contributed by atoms with Crippen LogP contribution in [0.4, 0.5) is 0 Å². The summed E-state index contributed by atoms with van der Waals surface area (Å²) < 4.78 is 6.08. The third kappa shape index (κ3) is 3.65. The number of rotatable bonds is 7. The van der Waals surface area contributed by atoms with Crippen LogP contribution < -0.4 is 4.74 Å². The van der Waals surface area contributed by atoms with E-state index >= 15 is 0 Å². The van der Waals surface area contributed by atoms with Crippen molar-refractivity contribution >= 4 is 23.5 Å². The van der Waals surface area contributed by atoms with E-state index in [-0.39, 0.29) is 11.2 Å². The maximum Gasteiger partial charge on any atom is 0.217 e. The van der Waals surface area contributed by atoms with E-state index in [1.807, 2.05) is 18.2 Å². The zero-order chi connectivity index (χ0) is 21.6. The van der Waals surface area contributed by atoms with E-state index in [0.29, 0.717) is 23.3 Å². The molecule has 0 saturated heterocycles. The van der Waals surface area contributed by atoms with Crippen molar-refractivity contribution in [2.24, 2.45) is 17.8 Å². The molecule has 2 aromatic carbocycles. The number of carbonyl (C=O) groups is 2. The van der Waals surface area contributed by atoms with Gasteiger partial charge in [0.05, 0.1) is 0 Å². The number of thiol groups is 1. The summed E-state index contributed by atoms with van der Waals surface area (Å²) in [7, 11) is 0. The van der Waals surface area contributed by atoms with Gasteiger partial charge in [-0.05, 0) is 86.0 Å². The molecule has 4 heteroatoms. The van der Waals surface area contributed by atoms with Gasteiger partial charge in [-0.25, -0.2) is 0 Å². The van der Waals surface area contributed by atoms with Gasteiger partial charge in [0.25, 0.3) is 0 Å². The lowest BCUT2D eigenvalue weighted by Gasteiger charge is -2.57. The summed E-state index contributed by atoms with van der Waals surface area (Å²) in [6.45, 7) is 4.24. The molecule has 0 spiro atoms. The van der Waals surface area contributed by atoms with Gasteiger partial charge in [-0.15, -0.1) is 12.6 Å². The van der Waals surface area contributed by atoms with Crippen molar-refractivity contribution in [3.63, 3.8) is 0 Å². The summed E-state index contributed by atoms with van der Waals surface area (Å²) in [6, 6.07) is 12.7. The van der Waals surface area contributed by atoms with Gasteiger partial charge < -0.3 is 4.74 Å². The topological polar surface area (TPSA) is 43.4 Å². The Hall–Kier alpha value is -2.33. The van der Waals surface area contributed by atoms with Gasteiger partial charge in [0.15, 0.2) is 5.78 Å². The number of ether oxygens (including phenoxy) is 1. The molecule has 160 valence electrons. The van der Waals surface area contributed by atoms with Crippen LogP contribution in [0.2, 0.25) is 0 Å². The van der Waals surface area contributed by atoms with Gasteiger partial charge in [-0.3, -0.25) is 9.59 Å². The van der Waals surface area contributed by atoms with Crippen LogP contribution in [0.5, 0.6) is 5.75 Å². The van der Waals surface area contributed by atoms with Gasteiger partial charge in [0.2, 0.25) is 5.12 Å². The third-order valence-electron chi connectivity index (χ3n) is 7.61. The Kier molecular flexibility index (Phi) is 5.29. The number of carbonyl (C=O) groups excluding carboxylic acids is 2. The minimum Gasteiger partial charge on any atom is -0.489 e. The number of ketones is 1. The second-order valence-corrected chi connectivity index (χ2v) is 10.1. The average molecular weight is 433 g/mol. The first-order valence-electron chi connectivity index (χ1n) is 11.2. The van der Waals surface area contributed by atoms with Gasteiger partial charge in [-0.2, -0.15) is 0 Å². The zero-order valence-corrected chi connectivity index (χ0v) is 18.6. The van der Waals surface area contributed by atoms with Crippen LogP contribution in [0.25, 0.3) is 0 Å². The van der Waals surface area contributed by atoms with E-state index in [9.17, 15) is 9.59 Å². The SMILES string of the molecule is C=CCOc1ccc(C(=O)c2ccccc2C(=O)S)cc1C12CC3CC(CC(C3)C1)C2. The molecule has 2 aromatic rings. The number of benzene rings is 2. The monoisotopic (exact) mass is 432 g/mol. The Morgan fingerprint density at radius 2 is 1.61 bits per heavy atom. The first kappa shape index (κ1) is 20.6. The normalized spacial score (nSPS) is 28.4. The summed E-state index contributed by atoms with van der Waals surface area (Å²) in [5.41, 5.74) is 2.63. The molecule has 0 unspecified atom stereocenters. The van der Waals surface area contributed by atoms with E-state index in [4.69, 9.17) is 4.74 Å². The molecule has 3 nitrogen and oxygen atoms in total. The highest BCUT2D eigenvalue weighted by Gasteiger charge is 2.52. The molecule has 0 heterocycles. The van der Waals surface area contributed by atoms with Crippen molar-refractivity contribution in [1.82, 2.24) is 0 Å². The van der Waals surface area contributed by atoms with E-state index in [1.165, 1.54) is 44.1 Å². The van der Waals surface area contributed by atoms with E-state index in [1.54, 1.807) is 30.3 Å². The molecule has 4 aliphatic carbocycles. The number of hydrogen-bond donors (Lipinski definition) is 1. The highest BCUT2D eigenvalue weighted by atomic mass is 32.1. The second-order valence-electron chi connectivity index (χ2n) is 9.69. The minimum atomic E-state index is -0.392. The predicted molar refractivity (Wildman–Crippen MR) is 125 cm³/mol. The van der Waals surface area contributed by atoms with E-state index in [0.717, 1.165) is 23.5 Å². The lowest BCUT2D eigenvalue weighted by Crippen LogP contribution is -2.48. The summed E-state index contributed by atoms with van der Waals surface area (Å²) in [4.78, 5) is 25.4. The maximum absolute atomic E-state index is 13.4. The highest BCUT2D eigenvalue weighted by Crippen LogP contribution is 2.62. The summed E-state index contributed by atoms with van der Waals surface area (Å²) >= 11 is 3.96. The van der Waals surface area contributed by atoms with Crippen molar-refractivity contribution in [2.75, 3.05) is 6.61 Å². The van der Waals surface area contributed by atoms with Crippen molar-refractivity contribution < 1.29 is 14.3 Å². The Labute approximate surface area is 189 Å². The first-order valence-corrected chi connectivity index (χ1v) is 11.7. The smallest absolute Gasteiger partial charge is 0.217 e. The van der Waals surface area contributed by atoms with Gasteiger partial charge in [0, 0.05) is 22.3 Å². The van der Waals surface area contributed by atoms with Crippen LogP contribution >= 0.6 is 12.6 Å². The maximum atomic E-state index is 13.4. The molecule has 4 aliphatic rings. The van der Waals surface area contributed by atoms with Crippen LogP contribution in [0.1, 0.15) is 70.4 Å². The molecule has 4 saturated carbocycles. The molecule has 4 fully saturated rings. The zero-order valence-electron chi connectivity index (χ0n) is 17.7. The molecule has 6 rings (SSSR count). The molecule has 0 N–H and O–H groups in total. The predicted octanol–water partition coefficient (Wildman–Crippen LogP) is 6.02. The first-order chi connectivity index (χ1) is 15.0. The Bertz CT molecular complexity index is 1020. The number of hydrogen-bond acceptors (Lipinski definition) is 3. The largest absolute Gasteiger partial charge is 0.489 e. The van der Waals surface area contributed by atoms with Crippen molar-refractivity contribution in [3.8, 4) is 5.75 Å². The third-order valence-corrected chi connectivity index (χ3v) is 7.85. The minimum absolute atomic E-state index is 0.0976. The highest BCUT2D eigenvalue weighted by molar-refractivity contribution is 7.97. The summed E-state index contributed by atoms with van der Waals surface area (Å²) in [5, 5.41) is -0.392. The molecule has 0 radical (unpaired) electrons. The van der Waals surface area contributed by atoms with Crippen LogP contribution in [-0.4, -0.2) is 17.5 Å². The molecular weight excluding hydrogens is 404 g/mol. The molecule has 0 atom stereocenters. The fourth-order valence-electron chi connectivity index (χ4n) is 6.82. The molecular formula is C27H28O3S. The molecule has 0 aromatic heterocycles. The Morgan fingerprint density at radius 3 is 2.19 bits per heavy atom. The van der Waals surface area contributed by atoms with Crippen molar-refractivity contribution in [1.29, 1.82) is 0 Å². The fraction of sp³-hybridized carbons (Fsp3) is 0.407. The Balaban J connectivity index is 1.58. The molecule has 0 aliphatic heterocycles. The van der Waals surface area contributed by atoms with Crippen LogP contribution in [0, 0.1) is 17.8 Å². The van der Waals surface area contributed by atoms with Gasteiger partial charge >= 0.3 is 0 Å². The van der Waals surface area contributed by atoms with Crippen LogP contribution in [0.3, 0.4) is 0 Å². The fourth-order valence-corrected chi connectivity index (χ4v) is 7.02. The standard InChI is InChI=1S/C27H28O3S/c1-2-9-30-24-8-7-20(25(28)21-5-3-4-6-22(21)26(29)31)13-23(24)27-14-17-10-18(15-27)12-19(11-17)16-27/h2-8,13,17-19H,1,9-12,14-16H2,(H,29,31). The molecule has 4 bridgehead atoms. The average Bonchev–Trinajstić information content (AvgIpc) is 2.76. The van der Waals surface area contributed by atoms with Gasteiger partial charge in [0.1, 0.15) is 12.4 Å². The van der Waals surface area contributed by atoms with Crippen LogP contribution in [-0.2, 0) is 5.41 Å².